The quantitative estimate of drug-likeness (QED) is 0.751. The van der Waals surface area contributed by atoms with Gasteiger partial charge in [-0.05, 0) is 24.0 Å². The number of rotatable bonds is 2. The zero-order chi connectivity index (χ0) is 12.5. The molecule has 17 heavy (non-hydrogen) atoms. The Labute approximate surface area is 107 Å². The number of alkyl halides is 1. The van der Waals surface area contributed by atoms with Crippen molar-refractivity contribution in [3.05, 3.63) is 35.6 Å². The van der Waals surface area contributed by atoms with Gasteiger partial charge in [-0.2, -0.15) is 0 Å². The standard InChI is InChI=1S/C14H18ClNO/c1-14(2)9-13(17)16-12-6-4-10(7-8-15)3-5-11(12)14/h3-6,10H,7-9H2,1-2H3,(H,16,17). The maximum absolute atomic E-state index is 11.6. The number of nitrogens with one attached hydrogen (secondary N) is 1. The van der Waals surface area contributed by atoms with E-state index in [1.807, 2.05) is 6.08 Å². The van der Waals surface area contributed by atoms with Gasteiger partial charge in [0.05, 0.1) is 0 Å². The molecule has 0 aromatic rings. The van der Waals surface area contributed by atoms with E-state index >= 15 is 0 Å². The molecule has 0 radical (unpaired) electrons. The molecule has 2 nitrogen and oxygen atoms in total. The molecule has 2 aliphatic rings. The van der Waals surface area contributed by atoms with E-state index in [2.05, 4.69) is 37.4 Å². The van der Waals surface area contributed by atoms with Crippen LogP contribution in [0.4, 0.5) is 0 Å². The minimum absolute atomic E-state index is 0.0889. The lowest BCUT2D eigenvalue weighted by molar-refractivity contribution is -0.122. The maximum Gasteiger partial charge on any atom is 0.225 e. The Morgan fingerprint density at radius 2 is 2.12 bits per heavy atom. The first-order chi connectivity index (χ1) is 8.03. The fraction of sp³-hybridized carbons (Fsp3) is 0.500. The van der Waals surface area contributed by atoms with Gasteiger partial charge in [-0.15, -0.1) is 11.6 Å². The number of carbonyl (C=O) groups is 1. The van der Waals surface area contributed by atoms with Crippen molar-refractivity contribution in [3.8, 4) is 0 Å². The fourth-order valence-corrected chi connectivity index (χ4v) is 2.64. The highest BCUT2D eigenvalue weighted by atomic mass is 35.5. The summed E-state index contributed by atoms with van der Waals surface area (Å²) in [5.41, 5.74) is 2.07. The summed E-state index contributed by atoms with van der Waals surface area (Å²) in [6.45, 7) is 4.22. The third kappa shape index (κ3) is 2.63. The van der Waals surface area contributed by atoms with E-state index in [1.54, 1.807) is 0 Å². The van der Waals surface area contributed by atoms with Crippen molar-refractivity contribution in [3.63, 3.8) is 0 Å². The monoisotopic (exact) mass is 251 g/mol. The molecule has 1 amide bonds. The molecule has 0 aromatic heterocycles. The van der Waals surface area contributed by atoms with E-state index in [0.717, 1.165) is 12.1 Å². The lowest BCUT2D eigenvalue weighted by Crippen LogP contribution is -2.36. The predicted octanol–water partition coefficient (Wildman–Crippen LogP) is 3.16. The SMILES string of the molecule is CC1(C)CC(=O)NC2=C1C=CC(CCCl)C=C2. The van der Waals surface area contributed by atoms with Crippen LogP contribution in [0.3, 0.4) is 0 Å². The highest BCUT2D eigenvalue weighted by molar-refractivity contribution is 6.17. The first kappa shape index (κ1) is 12.4. The molecule has 1 N–H and O–H groups in total. The minimum atomic E-state index is -0.0889. The Hall–Kier alpha value is -1.02. The summed E-state index contributed by atoms with van der Waals surface area (Å²) in [6.07, 6.45) is 9.94. The Balaban J connectivity index is 2.32. The summed E-state index contributed by atoms with van der Waals surface area (Å²) in [6, 6.07) is 0. The van der Waals surface area contributed by atoms with Crippen LogP contribution >= 0.6 is 11.6 Å². The van der Waals surface area contributed by atoms with Gasteiger partial charge in [-0.25, -0.2) is 0 Å². The molecule has 0 saturated heterocycles. The topological polar surface area (TPSA) is 29.1 Å². The van der Waals surface area contributed by atoms with Gasteiger partial charge in [-0.3, -0.25) is 4.79 Å². The van der Waals surface area contributed by atoms with Gasteiger partial charge in [0.1, 0.15) is 0 Å². The first-order valence-corrected chi connectivity index (χ1v) is 6.53. The molecular weight excluding hydrogens is 234 g/mol. The van der Waals surface area contributed by atoms with E-state index in [-0.39, 0.29) is 11.3 Å². The van der Waals surface area contributed by atoms with E-state index < -0.39 is 0 Å². The maximum atomic E-state index is 11.6. The molecule has 1 heterocycles. The lowest BCUT2D eigenvalue weighted by Gasteiger charge is -2.32. The van der Waals surface area contributed by atoms with E-state index in [4.69, 9.17) is 11.6 Å². The van der Waals surface area contributed by atoms with E-state index in [1.165, 1.54) is 5.57 Å². The average molecular weight is 252 g/mol. The van der Waals surface area contributed by atoms with Crippen LogP contribution in [0.25, 0.3) is 0 Å². The fourth-order valence-electron chi connectivity index (χ4n) is 2.39. The van der Waals surface area contributed by atoms with Gasteiger partial charge in [-0.1, -0.05) is 32.1 Å². The summed E-state index contributed by atoms with van der Waals surface area (Å²) >= 11 is 5.77. The highest BCUT2D eigenvalue weighted by Gasteiger charge is 2.32. The van der Waals surface area contributed by atoms with E-state index in [0.29, 0.717) is 18.2 Å². The Kier molecular flexibility index (Phi) is 3.43. The lowest BCUT2D eigenvalue weighted by atomic mass is 9.77. The molecule has 92 valence electrons. The highest BCUT2D eigenvalue weighted by Crippen LogP contribution is 2.37. The molecule has 3 heteroatoms. The number of hydrogen-bond acceptors (Lipinski definition) is 1. The number of carbonyl (C=O) groups excluding carboxylic acids is 1. The van der Waals surface area contributed by atoms with Crippen LogP contribution < -0.4 is 5.32 Å². The minimum Gasteiger partial charge on any atom is -0.326 e. The third-order valence-corrected chi connectivity index (χ3v) is 3.58. The van der Waals surface area contributed by atoms with Crippen molar-refractivity contribution in [2.24, 2.45) is 11.3 Å². The van der Waals surface area contributed by atoms with Crippen molar-refractivity contribution in [1.82, 2.24) is 5.32 Å². The molecule has 0 fully saturated rings. The van der Waals surface area contributed by atoms with Gasteiger partial charge in [0.25, 0.3) is 0 Å². The van der Waals surface area contributed by atoms with Crippen LogP contribution in [0.1, 0.15) is 26.7 Å². The van der Waals surface area contributed by atoms with Crippen molar-refractivity contribution < 1.29 is 4.79 Å². The van der Waals surface area contributed by atoms with Gasteiger partial charge in [0.15, 0.2) is 0 Å². The first-order valence-electron chi connectivity index (χ1n) is 6.00. The van der Waals surface area contributed by atoms with Crippen LogP contribution in [0.5, 0.6) is 0 Å². The second-order valence-electron chi connectivity index (χ2n) is 5.30. The second kappa shape index (κ2) is 4.69. The number of hydrogen-bond donors (Lipinski definition) is 1. The molecule has 2 rings (SSSR count). The number of allylic oxidation sites excluding steroid dienone is 5. The Bertz CT molecular complexity index is 418. The summed E-state index contributed by atoms with van der Waals surface area (Å²) in [7, 11) is 0. The molecule has 0 saturated carbocycles. The molecule has 1 aliphatic carbocycles. The smallest absolute Gasteiger partial charge is 0.225 e. The third-order valence-electron chi connectivity index (χ3n) is 3.36. The van der Waals surface area contributed by atoms with Gasteiger partial charge in [0.2, 0.25) is 5.91 Å². The molecule has 1 aliphatic heterocycles. The summed E-state index contributed by atoms with van der Waals surface area (Å²) in [4.78, 5) is 11.6. The average Bonchev–Trinajstić information content (AvgIpc) is 2.41. The molecule has 0 aromatic carbocycles. The Morgan fingerprint density at radius 1 is 1.41 bits per heavy atom. The number of amides is 1. The van der Waals surface area contributed by atoms with Gasteiger partial charge >= 0.3 is 0 Å². The Morgan fingerprint density at radius 3 is 2.82 bits per heavy atom. The van der Waals surface area contributed by atoms with Gasteiger partial charge < -0.3 is 5.32 Å². The molecule has 0 bridgehead atoms. The largest absolute Gasteiger partial charge is 0.326 e. The van der Waals surface area contributed by atoms with Crippen molar-refractivity contribution in [2.45, 2.75) is 26.7 Å². The zero-order valence-electron chi connectivity index (χ0n) is 10.3. The summed E-state index contributed by atoms with van der Waals surface area (Å²) < 4.78 is 0. The second-order valence-corrected chi connectivity index (χ2v) is 5.67. The van der Waals surface area contributed by atoms with Crippen molar-refractivity contribution >= 4 is 17.5 Å². The van der Waals surface area contributed by atoms with Crippen molar-refractivity contribution in [1.29, 1.82) is 0 Å². The summed E-state index contributed by atoms with van der Waals surface area (Å²) in [5, 5.41) is 2.95. The predicted molar refractivity (Wildman–Crippen MR) is 70.7 cm³/mol. The van der Waals surface area contributed by atoms with Crippen LogP contribution in [0.2, 0.25) is 0 Å². The number of halogens is 1. The van der Waals surface area contributed by atoms with Crippen LogP contribution in [0, 0.1) is 11.3 Å². The molecular formula is C14H18ClNO. The van der Waals surface area contributed by atoms with Crippen LogP contribution in [0.15, 0.2) is 35.6 Å². The van der Waals surface area contributed by atoms with E-state index in [9.17, 15) is 4.79 Å². The summed E-state index contributed by atoms with van der Waals surface area (Å²) in [5.74, 6) is 1.12. The van der Waals surface area contributed by atoms with Crippen LogP contribution in [-0.2, 0) is 4.79 Å². The normalized spacial score (nSPS) is 26.5. The van der Waals surface area contributed by atoms with Gasteiger partial charge in [0, 0.05) is 23.4 Å². The molecule has 0 spiro atoms. The van der Waals surface area contributed by atoms with Crippen LogP contribution in [-0.4, -0.2) is 11.8 Å². The molecule has 1 atom stereocenters. The van der Waals surface area contributed by atoms with Crippen molar-refractivity contribution in [2.75, 3.05) is 5.88 Å². The molecule has 1 unspecified atom stereocenters. The zero-order valence-corrected chi connectivity index (χ0v) is 11.1.